The molecule has 0 aromatic heterocycles. The first-order chi connectivity index (χ1) is 10.7. The quantitative estimate of drug-likeness (QED) is 0.843. The van der Waals surface area contributed by atoms with Crippen molar-refractivity contribution in [1.29, 1.82) is 0 Å². The van der Waals surface area contributed by atoms with Gasteiger partial charge in [0.15, 0.2) is 0 Å². The second-order valence-electron chi connectivity index (χ2n) is 5.89. The van der Waals surface area contributed by atoms with Gasteiger partial charge in [0.05, 0.1) is 20.3 Å². The van der Waals surface area contributed by atoms with Gasteiger partial charge in [0.25, 0.3) is 5.91 Å². The number of amides is 1. The summed E-state index contributed by atoms with van der Waals surface area (Å²) in [6.45, 7) is 7.28. The zero-order valence-electron chi connectivity index (χ0n) is 13.4. The Labute approximate surface area is 131 Å². The summed E-state index contributed by atoms with van der Waals surface area (Å²) < 4.78 is 10.8. The van der Waals surface area contributed by atoms with Crippen LogP contribution in [0.25, 0.3) is 0 Å². The van der Waals surface area contributed by atoms with Gasteiger partial charge in [-0.3, -0.25) is 9.69 Å². The number of ether oxygens (including phenoxy) is 2. The molecule has 0 saturated carbocycles. The van der Waals surface area contributed by atoms with Crippen LogP contribution in [0.5, 0.6) is 5.75 Å². The number of methoxy groups -OCH3 is 1. The molecule has 0 aliphatic carbocycles. The summed E-state index contributed by atoms with van der Waals surface area (Å²) >= 11 is 0. The standard InChI is InChI=1S/C17H24N2O3/c1-3-13-4-5-14(10-16(13)21-2)17(20)19-11-15(12-19)18-6-8-22-9-7-18/h4-5,10,15H,3,6-9,11-12H2,1-2H3. The smallest absolute Gasteiger partial charge is 0.254 e. The van der Waals surface area contributed by atoms with Crippen LogP contribution < -0.4 is 4.74 Å². The predicted molar refractivity (Wildman–Crippen MR) is 84.5 cm³/mol. The molecule has 5 heteroatoms. The van der Waals surface area contributed by atoms with E-state index in [-0.39, 0.29) is 5.91 Å². The van der Waals surface area contributed by atoms with E-state index in [4.69, 9.17) is 9.47 Å². The van der Waals surface area contributed by atoms with E-state index in [9.17, 15) is 4.79 Å². The fourth-order valence-electron chi connectivity index (χ4n) is 3.15. The van der Waals surface area contributed by atoms with E-state index in [1.54, 1.807) is 7.11 Å². The summed E-state index contributed by atoms with van der Waals surface area (Å²) in [6, 6.07) is 6.25. The number of nitrogens with zero attached hydrogens (tertiary/aromatic N) is 2. The summed E-state index contributed by atoms with van der Waals surface area (Å²) in [5.74, 6) is 0.907. The Morgan fingerprint density at radius 2 is 2.05 bits per heavy atom. The van der Waals surface area contributed by atoms with Gasteiger partial charge in [0.1, 0.15) is 5.75 Å². The van der Waals surface area contributed by atoms with Gasteiger partial charge in [0.2, 0.25) is 0 Å². The predicted octanol–water partition coefficient (Wildman–Crippen LogP) is 1.41. The van der Waals surface area contributed by atoms with Crippen LogP contribution in [-0.4, -0.2) is 68.3 Å². The molecule has 1 aromatic carbocycles. The lowest BCUT2D eigenvalue weighted by Gasteiger charge is -2.46. The normalized spacial score (nSPS) is 19.8. The van der Waals surface area contributed by atoms with Gasteiger partial charge in [-0.25, -0.2) is 0 Å². The molecule has 2 aliphatic rings. The molecule has 120 valence electrons. The number of morpholine rings is 1. The van der Waals surface area contributed by atoms with E-state index < -0.39 is 0 Å². The second-order valence-corrected chi connectivity index (χ2v) is 5.89. The monoisotopic (exact) mass is 304 g/mol. The molecule has 0 bridgehead atoms. The van der Waals surface area contributed by atoms with E-state index in [0.29, 0.717) is 6.04 Å². The Balaban J connectivity index is 1.61. The highest BCUT2D eigenvalue weighted by Gasteiger charge is 2.35. The highest BCUT2D eigenvalue weighted by molar-refractivity contribution is 5.95. The number of carbonyl (C=O) groups excluding carboxylic acids is 1. The third-order valence-electron chi connectivity index (χ3n) is 4.63. The SMILES string of the molecule is CCc1ccc(C(=O)N2CC(N3CCOCC3)C2)cc1OC. The van der Waals surface area contributed by atoms with Crippen molar-refractivity contribution < 1.29 is 14.3 Å². The molecule has 2 aliphatic heterocycles. The van der Waals surface area contributed by atoms with Gasteiger partial charge >= 0.3 is 0 Å². The number of rotatable bonds is 4. The summed E-state index contributed by atoms with van der Waals surface area (Å²) in [7, 11) is 1.65. The maximum Gasteiger partial charge on any atom is 0.254 e. The van der Waals surface area contributed by atoms with Crippen molar-refractivity contribution in [3.05, 3.63) is 29.3 Å². The second kappa shape index (κ2) is 6.67. The Kier molecular flexibility index (Phi) is 4.64. The minimum Gasteiger partial charge on any atom is -0.496 e. The molecule has 5 nitrogen and oxygen atoms in total. The van der Waals surface area contributed by atoms with E-state index in [2.05, 4.69) is 11.8 Å². The molecule has 2 fully saturated rings. The van der Waals surface area contributed by atoms with Crippen LogP contribution in [0.1, 0.15) is 22.8 Å². The van der Waals surface area contributed by atoms with Crippen LogP contribution in [0, 0.1) is 0 Å². The third kappa shape index (κ3) is 2.96. The van der Waals surface area contributed by atoms with Gasteiger partial charge in [-0.15, -0.1) is 0 Å². The minimum absolute atomic E-state index is 0.102. The molecule has 3 rings (SSSR count). The van der Waals surface area contributed by atoms with Gasteiger partial charge in [0, 0.05) is 37.8 Å². The third-order valence-corrected chi connectivity index (χ3v) is 4.63. The Bertz CT molecular complexity index is 535. The Morgan fingerprint density at radius 3 is 2.68 bits per heavy atom. The van der Waals surface area contributed by atoms with E-state index in [0.717, 1.165) is 62.7 Å². The molecular weight excluding hydrogens is 280 g/mol. The molecule has 0 radical (unpaired) electrons. The van der Waals surface area contributed by atoms with Crippen LogP contribution in [0.3, 0.4) is 0 Å². The summed E-state index contributed by atoms with van der Waals surface area (Å²) in [6.07, 6.45) is 0.903. The molecule has 1 amide bonds. The fraction of sp³-hybridized carbons (Fsp3) is 0.588. The number of carbonyl (C=O) groups is 1. The van der Waals surface area contributed by atoms with E-state index >= 15 is 0 Å². The summed E-state index contributed by atoms with van der Waals surface area (Å²) in [5.41, 5.74) is 1.85. The van der Waals surface area contributed by atoms with Crippen molar-refractivity contribution in [2.45, 2.75) is 19.4 Å². The number of hydrogen-bond donors (Lipinski definition) is 0. The average Bonchev–Trinajstić information content (AvgIpc) is 2.53. The highest BCUT2D eigenvalue weighted by atomic mass is 16.5. The molecule has 2 saturated heterocycles. The largest absolute Gasteiger partial charge is 0.496 e. The van der Waals surface area contributed by atoms with Crippen molar-refractivity contribution in [2.24, 2.45) is 0 Å². The van der Waals surface area contributed by atoms with Gasteiger partial charge in [-0.2, -0.15) is 0 Å². The molecule has 1 aromatic rings. The average molecular weight is 304 g/mol. The van der Waals surface area contributed by atoms with Crippen LogP contribution in [0.2, 0.25) is 0 Å². The number of hydrogen-bond acceptors (Lipinski definition) is 4. The number of benzene rings is 1. The topological polar surface area (TPSA) is 42.0 Å². The van der Waals surface area contributed by atoms with E-state index in [1.807, 2.05) is 23.1 Å². The first-order valence-electron chi connectivity index (χ1n) is 8.01. The number of aryl methyl sites for hydroxylation is 1. The summed E-state index contributed by atoms with van der Waals surface area (Å²) in [4.78, 5) is 16.9. The first kappa shape index (κ1) is 15.3. The molecule has 0 spiro atoms. The van der Waals surface area contributed by atoms with Crippen LogP contribution in [0.15, 0.2) is 18.2 Å². The highest BCUT2D eigenvalue weighted by Crippen LogP contribution is 2.24. The van der Waals surface area contributed by atoms with Gasteiger partial charge in [-0.05, 0) is 24.1 Å². The maximum absolute atomic E-state index is 12.6. The molecular formula is C17H24N2O3. The van der Waals surface area contributed by atoms with Crippen LogP contribution in [-0.2, 0) is 11.2 Å². The van der Waals surface area contributed by atoms with Crippen molar-refractivity contribution in [1.82, 2.24) is 9.80 Å². The molecule has 2 heterocycles. The maximum atomic E-state index is 12.6. The molecule has 0 unspecified atom stereocenters. The van der Waals surface area contributed by atoms with E-state index in [1.165, 1.54) is 0 Å². The zero-order valence-corrected chi connectivity index (χ0v) is 13.4. The first-order valence-corrected chi connectivity index (χ1v) is 8.01. The van der Waals surface area contributed by atoms with Crippen LogP contribution in [0.4, 0.5) is 0 Å². The van der Waals surface area contributed by atoms with Crippen molar-refractivity contribution in [2.75, 3.05) is 46.5 Å². The fourth-order valence-corrected chi connectivity index (χ4v) is 3.15. The lowest BCUT2D eigenvalue weighted by atomic mass is 10.0. The van der Waals surface area contributed by atoms with Gasteiger partial charge in [-0.1, -0.05) is 13.0 Å². The van der Waals surface area contributed by atoms with Crippen molar-refractivity contribution in [3.8, 4) is 5.75 Å². The van der Waals surface area contributed by atoms with Crippen molar-refractivity contribution >= 4 is 5.91 Å². The molecule has 0 N–H and O–H groups in total. The van der Waals surface area contributed by atoms with Crippen LogP contribution >= 0.6 is 0 Å². The number of likely N-dealkylation sites (tertiary alicyclic amines) is 1. The zero-order chi connectivity index (χ0) is 15.5. The van der Waals surface area contributed by atoms with Crippen molar-refractivity contribution in [3.63, 3.8) is 0 Å². The van der Waals surface area contributed by atoms with Gasteiger partial charge < -0.3 is 14.4 Å². The molecule has 0 atom stereocenters. The lowest BCUT2D eigenvalue weighted by molar-refractivity contribution is -0.0256. The Hall–Kier alpha value is -1.59. The minimum atomic E-state index is 0.102. The lowest BCUT2D eigenvalue weighted by Crippen LogP contribution is -2.62. The Morgan fingerprint density at radius 1 is 1.32 bits per heavy atom. The summed E-state index contributed by atoms with van der Waals surface area (Å²) in [5, 5.41) is 0. The molecule has 22 heavy (non-hydrogen) atoms.